The van der Waals surface area contributed by atoms with Crippen LogP contribution < -0.4 is 10.1 Å². The van der Waals surface area contributed by atoms with Crippen molar-refractivity contribution in [2.24, 2.45) is 0 Å². The molecule has 0 aromatic heterocycles. The highest BCUT2D eigenvalue weighted by molar-refractivity contribution is 6.30. The van der Waals surface area contributed by atoms with Crippen LogP contribution in [0.15, 0.2) is 97.1 Å². The first-order valence-corrected chi connectivity index (χ1v) is 12.2. The summed E-state index contributed by atoms with van der Waals surface area (Å²) in [6.07, 6.45) is 0. The number of carbonyl (C=O) groups is 2. The first-order valence-electron chi connectivity index (χ1n) is 11.8. The molecule has 5 nitrogen and oxygen atoms in total. The van der Waals surface area contributed by atoms with Gasteiger partial charge in [0.2, 0.25) is 5.91 Å². The third kappa shape index (κ3) is 5.06. The van der Waals surface area contributed by atoms with Gasteiger partial charge in [0.05, 0.1) is 19.1 Å². The van der Waals surface area contributed by atoms with Crippen LogP contribution in [0.3, 0.4) is 0 Å². The summed E-state index contributed by atoms with van der Waals surface area (Å²) in [7, 11) is 1.58. The monoisotopic (exact) mass is 514 g/mol. The number of hydrogen-bond acceptors (Lipinski definition) is 3. The van der Waals surface area contributed by atoms with Gasteiger partial charge in [0.15, 0.2) is 0 Å². The molecule has 0 radical (unpaired) electrons. The lowest BCUT2D eigenvalue weighted by Crippen LogP contribution is -2.45. The fourth-order valence-corrected chi connectivity index (χ4v) is 4.99. The molecule has 1 N–H and O–H groups in total. The highest BCUT2D eigenvalue weighted by Gasteiger charge is 2.44. The van der Waals surface area contributed by atoms with Crippen LogP contribution >= 0.6 is 11.6 Å². The molecule has 0 unspecified atom stereocenters. The number of methoxy groups -OCH3 is 1. The van der Waals surface area contributed by atoms with Crippen LogP contribution in [0.1, 0.15) is 39.0 Å². The topological polar surface area (TPSA) is 58.6 Å². The Morgan fingerprint density at radius 3 is 2.41 bits per heavy atom. The van der Waals surface area contributed by atoms with Crippen LogP contribution in [0.25, 0.3) is 0 Å². The van der Waals surface area contributed by atoms with Crippen LogP contribution in [-0.4, -0.2) is 23.8 Å². The molecule has 7 heteroatoms. The molecule has 0 bridgehead atoms. The Morgan fingerprint density at radius 1 is 0.973 bits per heavy atom. The maximum Gasteiger partial charge on any atom is 0.255 e. The Morgan fingerprint density at radius 2 is 1.70 bits per heavy atom. The van der Waals surface area contributed by atoms with E-state index >= 15 is 0 Å². The first kappa shape index (κ1) is 24.5. The maximum atomic E-state index is 13.9. The molecule has 1 heterocycles. The van der Waals surface area contributed by atoms with Gasteiger partial charge in [0.1, 0.15) is 11.6 Å². The van der Waals surface area contributed by atoms with E-state index in [0.29, 0.717) is 27.6 Å². The third-order valence-electron chi connectivity index (χ3n) is 6.54. The Balaban J connectivity index is 1.63. The highest BCUT2D eigenvalue weighted by atomic mass is 35.5. The second-order valence-electron chi connectivity index (χ2n) is 8.84. The molecule has 2 atom stereocenters. The van der Waals surface area contributed by atoms with Crippen molar-refractivity contribution in [2.45, 2.75) is 18.5 Å². The fourth-order valence-electron chi connectivity index (χ4n) is 4.80. The highest BCUT2D eigenvalue weighted by Crippen LogP contribution is 2.44. The van der Waals surface area contributed by atoms with Crippen molar-refractivity contribution in [3.05, 3.63) is 130 Å². The molecule has 5 rings (SSSR count). The summed E-state index contributed by atoms with van der Waals surface area (Å²) in [5, 5.41) is 3.49. The van der Waals surface area contributed by atoms with Gasteiger partial charge in [-0.25, -0.2) is 4.39 Å². The Labute approximate surface area is 219 Å². The summed E-state index contributed by atoms with van der Waals surface area (Å²) in [5.74, 6) is -0.887. The van der Waals surface area contributed by atoms with Crippen molar-refractivity contribution in [3.8, 4) is 5.75 Å². The van der Waals surface area contributed by atoms with Crippen molar-refractivity contribution < 1.29 is 18.7 Å². The number of amides is 2. The minimum absolute atomic E-state index is 0.199. The Hall–Kier alpha value is -4.16. The number of carbonyl (C=O) groups excluding carboxylic acids is 2. The number of rotatable bonds is 6. The largest absolute Gasteiger partial charge is 0.497 e. The second kappa shape index (κ2) is 10.4. The van der Waals surface area contributed by atoms with Crippen LogP contribution in [-0.2, 0) is 11.3 Å². The van der Waals surface area contributed by atoms with Gasteiger partial charge < -0.3 is 15.0 Å². The van der Waals surface area contributed by atoms with Crippen molar-refractivity contribution in [2.75, 3.05) is 12.4 Å². The number of ether oxygens (including phenoxy) is 1. The molecule has 186 valence electrons. The number of anilines is 1. The average molecular weight is 515 g/mol. The second-order valence-corrected chi connectivity index (χ2v) is 9.28. The number of nitrogens with one attached hydrogen (secondary N) is 1. The van der Waals surface area contributed by atoms with E-state index < -0.39 is 12.0 Å². The Kier molecular flexibility index (Phi) is 6.93. The molecule has 2 amide bonds. The maximum absolute atomic E-state index is 13.9. The predicted octanol–water partition coefficient (Wildman–Crippen LogP) is 6.61. The molecule has 37 heavy (non-hydrogen) atoms. The molecule has 0 aliphatic carbocycles. The van der Waals surface area contributed by atoms with Crippen LogP contribution in [0, 0.1) is 5.82 Å². The van der Waals surface area contributed by atoms with Crippen LogP contribution in [0.4, 0.5) is 10.1 Å². The molecule has 0 spiro atoms. The average Bonchev–Trinajstić information content (AvgIpc) is 2.91. The first-order chi connectivity index (χ1) is 17.9. The zero-order chi connectivity index (χ0) is 25.9. The molecule has 4 aromatic rings. The fraction of sp³-hybridized carbons (Fsp3) is 0.133. The molecule has 1 aliphatic heterocycles. The van der Waals surface area contributed by atoms with E-state index in [1.54, 1.807) is 60.5 Å². The van der Waals surface area contributed by atoms with E-state index in [1.165, 1.54) is 12.1 Å². The lowest BCUT2D eigenvalue weighted by Gasteiger charge is -2.42. The van der Waals surface area contributed by atoms with Crippen LogP contribution in [0.2, 0.25) is 5.02 Å². The van der Waals surface area contributed by atoms with Crippen molar-refractivity contribution in [1.29, 1.82) is 0 Å². The summed E-state index contributed by atoms with van der Waals surface area (Å²) in [5.41, 5.74) is 3.19. The minimum Gasteiger partial charge on any atom is -0.497 e. The van der Waals surface area contributed by atoms with Crippen molar-refractivity contribution in [1.82, 2.24) is 4.90 Å². The smallest absolute Gasteiger partial charge is 0.255 e. The zero-order valence-electron chi connectivity index (χ0n) is 20.0. The van der Waals surface area contributed by atoms with Gasteiger partial charge >= 0.3 is 0 Å². The van der Waals surface area contributed by atoms with E-state index in [0.717, 1.165) is 11.1 Å². The number of benzene rings is 4. The van der Waals surface area contributed by atoms with Gasteiger partial charge in [-0.2, -0.15) is 0 Å². The third-order valence-corrected chi connectivity index (χ3v) is 6.77. The number of nitrogens with zero attached hydrogens (tertiary/aromatic N) is 1. The Bertz CT molecular complexity index is 1440. The van der Waals surface area contributed by atoms with Crippen molar-refractivity contribution >= 4 is 29.1 Å². The van der Waals surface area contributed by atoms with E-state index in [4.69, 9.17) is 16.3 Å². The summed E-state index contributed by atoms with van der Waals surface area (Å²) in [4.78, 5) is 29.5. The molecule has 0 fully saturated rings. The molecule has 0 saturated carbocycles. The number of fused-ring (bicyclic) bond motifs is 1. The summed E-state index contributed by atoms with van der Waals surface area (Å²) >= 11 is 6.15. The van der Waals surface area contributed by atoms with E-state index in [2.05, 4.69) is 5.32 Å². The normalized spacial score (nSPS) is 16.7. The molecular weight excluding hydrogens is 491 g/mol. The molecule has 1 aliphatic rings. The van der Waals surface area contributed by atoms with Gasteiger partial charge in [-0.3, -0.25) is 9.59 Å². The lowest BCUT2D eigenvalue weighted by atomic mass is 9.79. The van der Waals surface area contributed by atoms with Gasteiger partial charge in [-0.1, -0.05) is 60.1 Å². The quantitative estimate of drug-likeness (QED) is 0.315. The van der Waals surface area contributed by atoms with Crippen LogP contribution in [0.5, 0.6) is 5.75 Å². The van der Waals surface area contributed by atoms with E-state index in [9.17, 15) is 14.0 Å². The lowest BCUT2D eigenvalue weighted by molar-refractivity contribution is -0.119. The molecular formula is C30H24ClFN2O3. The number of halogens is 2. The standard InChI is InChI=1S/C30H24ClFN2O3/c1-37-24-15-11-20(12-16-24)28-27(29(35)33-23-6-4-5-21(31)17-23)25-7-2-3-8-26(25)30(36)34(28)18-19-9-13-22(32)14-10-19/h2-17,27-28H,18H2,1H3,(H,33,35)/t27-,28+/m0/s1. The predicted molar refractivity (Wildman–Crippen MR) is 141 cm³/mol. The SMILES string of the molecule is COc1ccc([C@@H]2[C@@H](C(=O)Nc3cccc(Cl)c3)c3ccccc3C(=O)N2Cc2ccc(F)cc2)cc1. The zero-order valence-corrected chi connectivity index (χ0v) is 20.8. The van der Waals surface area contributed by atoms with E-state index in [-0.39, 0.29) is 24.2 Å². The summed E-state index contributed by atoms with van der Waals surface area (Å²) < 4.78 is 18.9. The minimum atomic E-state index is -0.721. The summed E-state index contributed by atoms with van der Waals surface area (Å²) in [6.45, 7) is 0.199. The summed E-state index contributed by atoms with van der Waals surface area (Å²) in [6, 6.07) is 26.8. The van der Waals surface area contributed by atoms with Gasteiger partial charge in [-0.15, -0.1) is 0 Å². The van der Waals surface area contributed by atoms with Gasteiger partial charge in [0, 0.05) is 22.8 Å². The molecule has 4 aromatic carbocycles. The van der Waals surface area contributed by atoms with Crippen molar-refractivity contribution in [3.63, 3.8) is 0 Å². The number of hydrogen-bond donors (Lipinski definition) is 1. The van der Waals surface area contributed by atoms with E-state index in [1.807, 2.05) is 36.4 Å². The van der Waals surface area contributed by atoms with Gasteiger partial charge in [-0.05, 0) is 65.2 Å². The molecule has 0 saturated heterocycles. The van der Waals surface area contributed by atoms with Gasteiger partial charge in [0.25, 0.3) is 5.91 Å².